The molecule has 8 nitrogen and oxygen atoms in total. The quantitative estimate of drug-likeness (QED) is 0.598. The molecule has 1 aromatic heterocycles. The fourth-order valence-electron chi connectivity index (χ4n) is 5.07. The number of carboxylic acids is 1. The number of piperidine rings is 1. The topological polar surface area (TPSA) is 110 Å². The van der Waals surface area contributed by atoms with Crippen molar-refractivity contribution in [1.82, 2.24) is 9.88 Å². The van der Waals surface area contributed by atoms with Crippen LogP contribution >= 0.6 is 0 Å². The summed E-state index contributed by atoms with van der Waals surface area (Å²) in [5, 5.41) is 12.4. The number of benzene rings is 1. The average Bonchev–Trinajstić information content (AvgIpc) is 3.49. The Kier molecular flexibility index (Phi) is 4.95. The molecule has 0 amide bonds. The van der Waals surface area contributed by atoms with Gasteiger partial charge in [0.1, 0.15) is 11.3 Å². The highest BCUT2D eigenvalue weighted by molar-refractivity contribution is 6.03. The van der Waals surface area contributed by atoms with Crippen molar-refractivity contribution in [3.8, 4) is 5.75 Å². The Balaban J connectivity index is 1.80. The van der Waals surface area contributed by atoms with E-state index in [1.807, 2.05) is 0 Å². The molecular formula is C21H23F3N4O4. The lowest BCUT2D eigenvalue weighted by molar-refractivity contribution is -0.0488. The van der Waals surface area contributed by atoms with Crippen molar-refractivity contribution >= 4 is 28.2 Å². The van der Waals surface area contributed by atoms with Gasteiger partial charge in [-0.1, -0.05) is 0 Å². The second-order valence-corrected chi connectivity index (χ2v) is 8.69. The number of anilines is 2. The lowest BCUT2D eigenvalue weighted by atomic mass is 9.94. The summed E-state index contributed by atoms with van der Waals surface area (Å²) in [6.45, 7) is -1.63. The first kappa shape index (κ1) is 20.9. The number of ether oxygens (including phenoxy) is 1. The first-order chi connectivity index (χ1) is 15.3. The summed E-state index contributed by atoms with van der Waals surface area (Å²) in [7, 11) is 0. The zero-order chi connectivity index (χ0) is 22.7. The van der Waals surface area contributed by atoms with Crippen LogP contribution in [0.4, 0.5) is 24.5 Å². The van der Waals surface area contributed by atoms with Crippen LogP contribution in [-0.2, 0) is 0 Å². The minimum atomic E-state index is -3.27. The zero-order valence-corrected chi connectivity index (χ0v) is 17.1. The molecule has 1 saturated carbocycles. The van der Waals surface area contributed by atoms with Crippen LogP contribution in [0.1, 0.15) is 42.1 Å². The van der Waals surface area contributed by atoms with Gasteiger partial charge in [-0.3, -0.25) is 4.79 Å². The largest absolute Gasteiger partial charge is 0.477 e. The van der Waals surface area contributed by atoms with Gasteiger partial charge in [0.25, 0.3) is 0 Å². The van der Waals surface area contributed by atoms with Gasteiger partial charge in [0.15, 0.2) is 11.6 Å². The zero-order valence-electron chi connectivity index (χ0n) is 17.1. The highest BCUT2D eigenvalue weighted by atomic mass is 19.3. The molecule has 0 spiro atoms. The van der Waals surface area contributed by atoms with Crippen molar-refractivity contribution in [2.24, 2.45) is 5.92 Å². The molecule has 2 saturated heterocycles. The van der Waals surface area contributed by atoms with Crippen LogP contribution in [-0.4, -0.2) is 47.9 Å². The lowest BCUT2D eigenvalue weighted by Crippen LogP contribution is -2.40. The van der Waals surface area contributed by atoms with Gasteiger partial charge in [-0.25, -0.2) is 9.18 Å². The third-order valence-electron chi connectivity index (χ3n) is 6.67. The Morgan fingerprint density at radius 1 is 1.28 bits per heavy atom. The van der Waals surface area contributed by atoms with Crippen LogP contribution in [0.15, 0.2) is 11.0 Å². The summed E-state index contributed by atoms with van der Waals surface area (Å²) in [6.07, 6.45) is 4.34. The molecule has 1 aromatic carbocycles. The molecule has 172 valence electrons. The number of fused-ring (bicyclic) bond motifs is 2. The third-order valence-corrected chi connectivity index (χ3v) is 6.67. The van der Waals surface area contributed by atoms with Crippen molar-refractivity contribution in [2.45, 2.75) is 44.4 Å². The van der Waals surface area contributed by atoms with Gasteiger partial charge in [0, 0.05) is 31.4 Å². The molecule has 4 N–H and O–H groups in total. The van der Waals surface area contributed by atoms with E-state index < -0.39 is 46.2 Å². The van der Waals surface area contributed by atoms with E-state index >= 15 is 4.39 Å². The van der Waals surface area contributed by atoms with E-state index in [1.165, 1.54) is 4.57 Å². The number of halogens is 3. The molecule has 1 aliphatic carbocycles. The van der Waals surface area contributed by atoms with Crippen LogP contribution in [0.5, 0.6) is 5.75 Å². The molecule has 5 rings (SSSR count). The molecule has 2 aliphatic heterocycles. The number of nitrogens with zero attached hydrogens (tertiary/aromatic N) is 2. The molecule has 32 heavy (non-hydrogen) atoms. The highest BCUT2D eigenvalue weighted by Crippen LogP contribution is 2.47. The number of hydrogen-bond acceptors (Lipinski definition) is 6. The number of carbonyl (C=O) groups is 1. The number of carboxylic acid groups (broad SMARTS) is 1. The minimum Gasteiger partial charge on any atom is -0.477 e. The maximum Gasteiger partial charge on any atom is 0.387 e. The Morgan fingerprint density at radius 3 is 2.66 bits per heavy atom. The van der Waals surface area contributed by atoms with Crippen molar-refractivity contribution in [3.05, 3.63) is 27.8 Å². The smallest absolute Gasteiger partial charge is 0.387 e. The Bertz CT molecular complexity index is 1150. The van der Waals surface area contributed by atoms with Crippen molar-refractivity contribution in [3.63, 3.8) is 0 Å². The molecule has 3 fully saturated rings. The number of aromatic carboxylic acids is 1. The van der Waals surface area contributed by atoms with E-state index in [4.69, 9.17) is 10.5 Å². The fourth-order valence-corrected chi connectivity index (χ4v) is 5.07. The van der Waals surface area contributed by atoms with E-state index in [-0.39, 0.29) is 29.2 Å². The number of pyridine rings is 1. The lowest BCUT2D eigenvalue weighted by Gasteiger charge is -2.26. The summed E-state index contributed by atoms with van der Waals surface area (Å²) in [4.78, 5) is 26.2. The molecular weight excluding hydrogens is 429 g/mol. The van der Waals surface area contributed by atoms with E-state index in [2.05, 4.69) is 5.32 Å². The van der Waals surface area contributed by atoms with Gasteiger partial charge >= 0.3 is 12.6 Å². The number of hydrogen-bond donors (Lipinski definition) is 3. The summed E-state index contributed by atoms with van der Waals surface area (Å²) >= 11 is 0. The molecule has 11 heteroatoms. The minimum absolute atomic E-state index is 0.0829. The predicted molar refractivity (Wildman–Crippen MR) is 111 cm³/mol. The predicted octanol–water partition coefficient (Wildman–Crippen LogP) is 2.55. The summed E-state index contributed by atoms with van der Waals surface area (Å²) in [6, 6.07) is -0.128. The van der Waals surface area contributed by atoms with E-state index in [1.54, 1.807) is 4.90 Å². The maximum absolute atomic E-state index is 15.6. The summed E-state index contributed by atoms with van der Waals surface area (Å²) < 4.78 is 48.9. The van der Waals surface area contributed by atoms with E-state index in [0.29, 0.717) is 25.9 Å². The average molecular weight is 452 g/mol. The van der Waals surface area contributed by atoms with Crippen LogP contribution in [0.2, 0.25) is 0 Å². The Labute approximate surface area is 180 Å². The number of aromatic nitrogens is 1. The van der Waals surface area contributed by atoms with Crippen LogP contribution in [0.3, 0.4) is 0 Å². The molecule has 2 aromatic rings. The van der Waals surface area contributed by atoms with Gasteiger partial charge in [-0.05, 0) is 38.1 Å². The first-order valence-electron chi connectivity index (χ1n) is 10.6. The standard InChI is InChI=1S/C21H23F3N4O4/c22-14-15(25)13-16(28(10-3-4-10)7-11(18(13)29)20(30)31)19(32-21(23)24)17(14)27-6-9-2-1-5-26-12(9)8-27/h7,9-10,12,21,26H,1-6,8,25H2,(H,30,31)/t9-,12+/m1/s1. The van der Waals surface area contributed by atoms with E-state index in [9.17, 15) is 23.5 Å². The SMILES string of the molecule is Nc1c(F)c(N2C[C@H]3CCCN[C@H]3C2)c(OC(F)F)c2c1c(=O)c(C(=O)O)cn2C1CC1. The molecule has 3 aliphatic rings. The van der Waals surface area contributed by atoms with E-state index in [0.717, 1.165) is 25.6 Å². The molecule has 0 bridgehead atoms. The molecule has 3 heterocycles. The highest BCUT2D eigenvalue weighted by Gasteiger charge is 2.39. The van der Waals surface area contributed by atoms with Crippen LogP contribution in [0.25, 0.3) is 10.9 Å². The summed E-state index contributed by atoms with van der Waals surface area (Å²) in [5.41, 5.74) is 3.56. The monoisotopic (exact) mass is 452 g/mol. The summed E-state index contributed by atoms with van der Waals surface area (Å²) in [5.74, 6) is -2.80. The van der Waals surface area contributed by atoms with Gasteiger partial charge < -0.3 is 30.4 Å². The number of nitrogen functional groups attached to an aromatic ring is 1. The maximum atomic E-state index is 15.6. The second-order valence-electron chi connectivity index (χ2n) is 8.69. The normalized spacial score (nSPS) is 23.1. The number of nitrogens with two attached hydrogens (primary N) is 1. The molecule has 0 unspecified atom stereocenters. The number of nitrogens with one attached hydrogen (secondary N) is 1. The van der Waals surface area contributed by atoms with Crippen LogP contribution in [0, 0.1) is 11.7 Å². The van der Waals surface area contributed by atoms with Crippen molar-refractivity contribution in [1.29, 1.82) is 0 Å². The first-order valence-corrected chi connectivity index (χ1v) is 10.6. The van der Waals surface area contributed by atoms with Gasteiger partial charge in [0.05, 0.1) is 16.6 Å². The Morgan fingerprint density at radius 2 is 2.03 bits per heavy atom. The Hall–Kier alpha value is -2.95. The van der Waals surface area contributed by atoms with Crippen molar-refractivity contribution in [2.75, 3.05) is 30.3 Å². The van der Waals surface area contributed by atoms with Gasteiger partial charge in [-0.2, -0.15) is 8.78 Å². The third kappa shape index (κ3) is 3.26. The van der Waals surface area contributed by atoms with Crippen LogP contribution < -0.4 is 26.1 Å². The molecule has 0 radical (unpaired) electrons. The number of rotatable bonds is 5. The fraction of sp³-hybridized carbons (Fsp3) is 0.524. The molecule has 2 atom stereocenters. The van der Waals surface area contributed by atoms with Gasteiger partial charge in [0.2, 0.25) is 5.43 Å². The number of alkyl halides is 2. The van der Waals surface area contributed by atoms with Gasteiger partial charge in [-0.15, -0.1) is 0 Å². The second kappa shape index (κ2) is 7.58. The van der Waals surface area contributed by atoms with Crippen molar-refractivity contribution < 1.29 is 27.8 Å².